The van der Waals surface area contributed by atoms with Gasteiger partial charge in [0, 0.05) is 12.5 Å². The number of carbonyl (C=O) groups is 1. The van der Waals surface area contributed by atoms with Crippen LogP contribution in [0.1, 0.15) is 49.5 Å². The van der Waals surface area contributed by atoms with Gasteiger partial charge in [-0.2, -0.15) is 0 Å². The van der Waals surface area contributed by atoms with Crippen LogP contribution in [-0.4, -0.2) is 40.4 Å². The van der Waals surface area contributed by atoms with E-state index in [1.54, 1.807) is 0 Å². The predicted octanol–water partition coefficient (Wildman–Crippen LogP) is 3.44. The molecule has 2 aromatic rings. The zero-order valence-electron chi connectivity index (χ0n) is 16.0. The zero-order chi connectivity index (χ0) is 18.4. The Balaban J connectivity index is 1.34. The normalized spacial score (nSPS) is 26.5. The first-order valence-electron chi connectivity index (χ1n) is 10.3. The summed E-state index contributed by atoms with van der Waals surface area (Å²) in [6.07, 6.45) is 7.38. The van der Waals surface area contributed by atoms with Crippen molar-refractivity contribution in [2.45, 2.75) is 45.1 Å². The van der Waals surface area contributed by atoms with E-state index >= 15 is 0 Å². The highest BCUT2D eigenvalue weighted by Crippen LogP contribution is 2.59. The lowest BCUT2D eigenvalue weighted by molar-refractivity contribution is -0.134. The summed E-state index contributed by atoms with van der Waals surface area (Å²) in [5, 5.41) is 3.43. The maximum absolute atomic E-state index is 13.3. The third-order valence-electron chi connectivity index (χ3n) is 6.86. The summed E-state index contributed by atoms with van der Waals surface area (Å²) in [4.78, 5) is 23.5. The Hall–Kier alpha value is -2.14. The quantitative estimate of drug-likeness (QED) is 0.877. The molecule has 5 rings (SSSR count). The summed E-state index contributed by atoms with van der Waals surface area (Å²) in [7, 11) is 0. The number of hydrogen-bond donors (Lipinski definition) is 2. The molecule has 1 amide bonds. The molecule has 1 spiro atoms. The number of H-pyrrole nitrogens is 1. The van der Waals surface area contributed by atoms with Crippen LogP contribution in [0, 0.1) is 18.3 Å². The molecule has 2 atom stereocenters. The molecule has 27 heavy (non-hydrogen) atoms. The molecule has 0 bridgehead atoms. The van der Waals surface area contributed by atoms with Gasteiger partial charge in [-0.05, 0) is 69.2 Å². The van der Waals surface area contributed by atoms with Crippen LogP contribution in [0.3, 0.4) is 0 Å². The number of imidazole rings is 1. The van der Waals surface area contributed by atoms with Crippen LogP contribution in [0.2, 0.25) is 0 Å². The van der Waals surface area contributed by atoms with Crippen molar-refractivity contribution in [1.29, 1.82) is 0 Å². The van der Waals surface area contributed by atoms with Gasteiger partial charge in [-0.15, -0.1) is 0 Å². The molecule has 5 nitrogen and oxygen atoms in total. The number of aromatic nitrogens is 2. The molecule has 1 aliphatic carbocycles. The summed E-state index contributed by atoms with van der Waals surface area (Å²) in [5.74, 6) is 1.55. The highest BCUT2D eigenvalue weighted by molar-refractivity contribution is 5.83. The molecular weight excluding hydrogens is 336 g/mol. The lowest BCUT2D eigenvalue weighted by atomic mass is 9.91. The fourth-order valence-electron chi connectivity index (χ4n) is 5.15. The van der Waals surface area contributed by atoms with Crippen molar-refractivity contribution < 1.29 is 4.79 Å². The van der Waals surface area contributed by atoms with E-state index in [0.717, 1.165) is 68.8 Å². The number of hydrogen-bond acceptors (Lipinski definition) is 3. The van der Waals surface area contributed by atoms with Crippen molar-refractivity contribution in [2.24, 2.45) is 11.3 Å². The molecule has 3 heterocycles. The molecule has 2 N–H and O–H groups in total. The SMILES string of the molecule is Cc1cccc(-c2cnc(C3CCCN3C(=O)C3CC34CCNCC4)[nH]2)c1. The lowest BCUT2D eigenvalue weighted by Crippen LogP contribution is -2.36. The Morgan fingerprint density at radius 1 is 1.30 bits per heavy atom. The molecule has 5 heteroatoms. The summed E-state index contributed by atoms with van der Waals surface area (Å²) < 4.78 is 0. The number of nitrogens with zero attached hydrogens (tertiary/aromatic N) is 2. The second-order valence-electron chi connectivity index (χ2n) is 8.61. The van der Waals surface area contributed by atoms with Crippen molar-refractivity contribution in [1.82, 2.24) is 20.2 Å². The molecule has 1 aromatic heterocycles. The van der Waals surface area contributed by atoms with Crippen molar-refractivity contribution in [3.63, 3.8) is 0 Å². The van der Waals surface area contributed by atoms with Gasteiger partial charge in [0.15, 0.2) is 0 Å². The second kappa shape index (κ2) is 6.48. The summed E-state index contributed by atoms with van der Waals surface area (Å²) in [6, 6.07) is 8.55. The summed E-state index contributed by atoms with van der Waals surface area (Å²) in [5.41, 5.74) is 3.72. The Kier molecular flexibility index (Phi) is 4.08. The van der Waals surface area contributed by atoms with E-state index < -0.39 is 0 Å². The molecular formula is C22H28N4O. The number of benzene rings is 1. The number of rotatable bonds is 3. The van der Waals surface area contributed by atoms with E-state index in [2.05, 4.69) is 51.4 Å². The molecule has 142 valence electrons. The van der Waals surface area contributed by atoms with E-state index in [1.807, 2.05) is 6.20 Å². The number of aromatic amines is 1. The Morgan fingerprint density at radius 3 is 2.96 bits per heavy atom. The fraction of sp³-hybridized carbons (Fsp3) is 0.545. The number of piperidine rings is 1. The van der Waals surface area contributed by atoms with Crippen LogP contribution in [0.4, 0.5) is 0 Å². The minimum Gasteiger partial charge on any atom is -0.340 e. The van der Waals surface area contributed by atoms with Crippen LogP contribution in [0.15, 0.2) is 30.5 Å². The zero-order valence-corrected chi connectivity index (χ0v) is 16.0. The predicted molar refractivity (Wildman–Crippen MR) is 105 cm³/mol. The largest absolute Gasteiger partial charge is 0.340 e. The van der Waals surface area contributed by atoms with E-state index in [0.29, 0.717) is 11.3 Å². The van der Waals surface area contributed by atoms with Gasteiger partial charge in [0.1, 0.15) is 5.82 Å². The molecule has 3 fully saturated rings. The number of likely N-dealkylation sites (tertiary alicyclic amines) is 1. The van der Waals surface area contributed by atoms with Crippen LogP contribution in [0.5, 0.6) is 0 Å². The molecule has 3 aliphatic rings. The molecule has 1 saturated carbocycles. The number of aryl methyl sites for hydroxylation is 1. The van der Waals surface area contributed by atoms with Crippen LogP contribution < -0.4 is 5.32 Å². The number of nitrogens with one attached hydrogen (secondary N) is 2. The summed E-state index contributed by atoms with van der Waals surface area (Å²) in [6.45, 7) is 5.09. The maximum Gasteiger partial charge on any atom is 0.226 e. The van der Waals surface area contributed by atoms with Gasteiger partial charge in [0.2, 0.25) is 5.91 Å². The average molecular weight is 364 g/mol. The molecule has 2 unspecified atom stereocenters. The first kappa shape index (κ1) is 17.0. The van der Waals surface area contributed by atoms with E-state index in [-0.39, 0.29) is 12.0 Å². The van der Waals surface area contributed by atoms with Crippen molar-refractivity contribution >= 4 is 5.91 Å². The highest BCUT2D eigenvalue weighted by atomic mass is 16.2. The third kappa shape index (κ3) is 2.98. The van der Waals surface area contributed by atoms with Gasteiger partial charge in [0.05, 0.1) is 17.9 Å². The minimum absolute atomic E-state index is 0.107. The minimum atomic E-state index is 0.107. The second-order valence-corrected chi connectivity index (χ2v) is 8.61. The van der Waals surface area contributed by atoms with Gasteiger partial charge in [-0.3, -0.25) is 4.79 Å². The average Bonchev–Trinajstić information content (AvgIpc) is 3.09. The molecule has 0 radical (unpaired) electrons. The topological polar surface area (TPSA) is 61.0 Å². The van der Waals surface area contributed by atoms with E-state index in [9.17, 15) is 4.79 Å². The number of carbonyl (C=O) groups excluding carboxylic acids is 1. The smallest absolute Gasteiger partial charge is 0.226 e. The van der Waals surface area contributed by atoms with Gasteiger partial charge < -0.3 is 15.2 Å². The Labute approximate surface area is 160 Å². The molecule has 2 saturated heterocycles. The molecule has 2 aliphatic heterocycles. The van der Waals surface area contributed by atoms with Crippen molar-refractivity contribution in [2.75, 3.05) is 19.6 Å². The van der Waals surface area contributed by atoms with Crippen molar-refractivity contribution in [3.05, 3.63) is 41.9 Å². The van der Waals surface area contributed by atoms with E-state index in [4.69, 9.17) is 0 Å². The van der Waals surface area contributed by atoms with Crippen LogP contribution in [0.25, 0.3) is 11.3 Å². The fourth-order valence-corrected chi connectivity index (χ4v) is 5.15. The molecule has 1 aromatic carbocycles. The first-order valence-corrected chi connectivity index (χ1v) is 10.3. The maximum atomic E-state index is 13.3. The van der Waals surface area contributed by atoms with Gasteiger partial charge in [0.25, 0.3) is 0 Å². The van der Waals surface area contributed by atoms with Gasteiger partial charge in [-0.1, -0.05) is 23.8 Å². The third-order valence-corrected chi connectivity index (χ3v) is 6.86. The Bertz CT molecular complexity index is 852. The standard InChI is InChI=1S/C22H28N4O/c1-15-4-2-5-16(12-15)18-14-24-20(25-18)19-6-3-11-26(19)21(27)17-13-22(17)7-9-23-10-8-22/h2,4-5,12,14,17,19,23H,3,6-11,13H2,1H3,(H,24,25). The Morgan fingerprint density at radius 2 is 2.15 bits per heavy atom. The monoisotopic (exact) mass is 364 g/mol. The van der Waals surface area contributed by atoms with Gasteiger partial charge in [-0.25, -0.2) is 4.98 Å². The van der Waals surface area contributed by atoms with Crippen molar-refractivity contribution in [3.8, 4) is 11.3 Å². The van der Waals surface area contributed by atoms with Crippen LogP contribution in [-0.2, 0) is 4.79 Å². The van der Waals surface area contributed by atoms with Crippen LogP contribution >= 0.6 is 0 Å². The lowest BCUT2D eigenvalue weighted by Gasteiger charge is -2.27. The van der Waals surface area contributed by atoms with E-state index in [1.165, 1.54) is 5.56 Å². The first-order chi connectivity index (χ1) is 13.2. The number of amides is 1. The van der Waals surface area contributed by atoms with Gasteiger partial charge >= 0.3 is 0 Å². The highest BCUT2D eigenvalue weighted by Gasteiger charge is 2.59. The summed E-state index contributed by atoms with van der Waals surface area (Å²) >= 11 is 0.